The summed E-state index contributed by atoms with van der Waals surface area (Å²) in [6.45, 7) is 5.09. The molecule has 5 heteroatoms. The van der Waals surface area contributed by atoms with Crippen molar-refractivity contribution in [2.75, 3.05) is 46.4 Å². The molecular weight excluding hydrogens is 254 g/mol. The first-order valence-corrected chi connectivity index (χ1v) is 7.90. The van der Waals surface area contributed by atoms with Crippen LogP contribution in [0.15, 0.2) is 0 Å². The van der Waals surface area contributed by atoms with E-state index in [1.54, 1.807) is 7.11 Å². The van der Waals surface area contributed by atoms with E-state index in [0.717, 1.165) is 39.3 Å². The van der Waals surface area contributed by atoms with Gasteiger partial charge in [-0.25, -0.2) is 0 Å². The Hall–Kier alpha value is -0.650. The van der Waals surface area contributed by atoms with Crippen LogP contribution in [0.5, 0.6) is 0 Å². The predicted octanol–water partition coefficient (Wildman–Crippen LogP) is 0.118. The molecule has 0 unspecified atom stereocenters. The molecule has 1 aliphatic carbocycles. The number of hydrogen-bond donors (Lipinski definition) is 3. The molecule has 0 spiro atoms. The first kappa shape index (κ1) is 14.3. The number of nitrogens with one attached hydrogen (secondary N) is 3. The van der Waals surface area contributed by atoms with E-state index in [0.29, 0.717) is 5.92 Å². The lowest BCUT2D eigenvalue weighted by Crippen LogP contribution is -2.50. The molecule has 3 aliphatic rings. The summed E-state index contributed by atoms with van der Waals surface area (Å²) >= 11 is 0. The highest BCUT2D eigenvalue weighted by atomic mass is 16.5. The van der Waals surface area contributed by atoms with Crippen molar-refractivity contribution in [2.45, 2.75) is 25.7 Å². The van der Waals surface area contributed by atoms with Gasteiger partial charge in [0, 0.05) is 51.2 Å². The molecule has 0 aromatic carbocycles. The van der Waals surface area contributed by atoms with Crippen LogP contribution in [0.1, 0.15) is 25.7 Å². The number of rotatable bonds is 5. The maximum Gasteiger partial charge on any atom is 0.229 e. The van der Waals surface area contributed by atoms with Gasteiger partial charge in [0.25, 0.3) is 0 Å². The fourth-order valence-electron chi connectivity index (χ4n) is 4.35. The summed E-state index contributed by atoms with van der Waals surface area (Å²) in [7, 11) is 1.76. The molecule has 3 N–H and O–H groups in total. The van der Waals surface area contributed by atoms with E-state index in [1.165, 1.54) is 25.7 Å². The molecule has 114 valence electrons. The summed E-state index contributed by atoms with van der Waals surface area (Å²) in [5.41, 5.74) is -0.0402. The number of fused-ring (bicyclic) bond motifs is 1. The minimum Gasteiger partial charge on any atom is -0.384 e. The quantitative estimate of drug-likeness (QED) is 0.670. The zero-order chi connectivity index (χ0) is 14.1. The van der Waals surface area contributed by atoms with E-state index < -0.39 is 0 Å². The van der Waals surface area contributed by atoms with E-state index in [9.17, 15) is 4.79 Å². The molecule has 3 rings (SSSR count). The molecule has 1 amide bonds. The minimum absolute atomic E-state index is 0.175. The van der Waals surface area contributed by atoms with Gasteiger partial charge in [-0.3, -0.25) is 4.79 Å². The van der Waals surface area contributed by atoms with Crippen molar-refractivity contribution >= 4 is 5.91 Å². The average molecular weight is 281 g/mol. The summed E-state index contributed by atoms with van der Waals surface area (Å²) in [5.74, 6) is 0.685. The Bertz CT molecular complexity index is 356. The minimum atomic E-state index is -0.215. The van der Waals surface area contributed by atoms with Crippen molar-refractivity contribution in [1.29, 1.82) is 0 Å². The van der Waals surface area contributed by atoms with Crippen LogP contribution in [-0.4, -0.2) is 52.3 Å². The van der Waals surface area contributed by atoms with Gasteiger partial charge in [0.05, 0.1) is 12.0 Å². The van der Waals surface area contributed by atoms with E-state index in [-0.39, 0.29) is 16.7 Å². The van der Waals surface area contributed by atoms with Crippen molar-refractivity contribution in [3.05, 3.63) is 0 Å². The Balaban J connectivity index is 1.61. The molecule has 2 heterocycles. The molecule has 3 fully saturated rings. The molecule has 0 bridgehead atoms. The van der Waals surface area contributed by atoms with Gasteiger partial charge in [0.2, 0.25) is 5.91 Å². The molecule has 5 nitrogen and oxygen atoms in total. The third kappa shape index (κ3) is 2.36. The lowest BCUT2D eigenvalue weighted by atomic mass is 9.79. The van der Waals surface area contributed by atoms with Gasteiger partial charge in [-0.2, -0.15) is 0 Å². The fraction of sp³-hybridized carbons (Fsp3) is 0.933. The monoisotopic (exact) mass is 281 g/mol. The van der Waals surface area contributed by atoms with Gasteiger partial charge in [-0.15, -0.1) is 0 Å². The first-order valence-electron chi connectivity index (χ1n) is 7.90. The number of methoxy groups -OCH3 is 1. The first-order chi connectivity index (χ1) is 9.71. The largest absolute Gasteiger partial charge is 0.384 e. The predicted molar refractivity (Wildman–Crippen MR) is 77.4 cm³/mol. The highest BCUT2D eigenvalue weighted by Crippen LogP contribution is 2.39. The van der Waals surface area contributed by atoms with Gasteiger partial charge >= 0.3 is 0 Å². The smallest absolute Gasteiger partial charge is 0.229 e. The number of carbonyl (C=O) groups is 1. The van der Waals surface area contributed by atoms with Crippen molar-refractivity contribution in [1.82, 2.24) is 16.0 Å². The van der Waals surface area contributed by atoms with Crippen molar-refractivity contribution in [3.8, 4) is 0 Å². The topological polar surface area (TPSA) is 62.4 Å². The van der Waals surface area contributed by atoms with Crippen LogP contribution >= 0.6 is 0 Å². The van der Waals surface area contributed by atoms with E-state index in [2.05, 4.69) is 16.0 Å². The van der Waals surface area contributed by atoms with Gasteiger partial charge in [0.1, 0.15) is 0 Å². The van der Waals surface area contributed by atoms with Crippen LogP contribution < -0.4 is 16.0 Å². The molecule has 0 atom stereocenters. The molecule has 0 aromatic rings. The molecule has 0 aromatic heterocycles. The zero-order valence-electron chi connectivity index (χ0n) is 12.5. The molecule has 1 saturated carbocycles. The Kier molecular flexibility index (Phi) is 4.02. The van der Waals surface area contributed by atoms with Crippen molar-refractivity contribution in [2.24, 2.45) is 16.7 Å². The second kappa shape index (κ2) is 5.62. The van der Waals surface area contributed by atoms with Crippen molar-refractivity contribution in [3.63, 3.8) is 0 Å². The van der Waals surface area contributed by atoms with Crippen LogP contribution in [0.2, 0.25) is 0 Å². The average Bonchev–Trinajstić information content (AvgIpc) is 3.11. The number of hydrogen-bond acceptors (Lipinski definition) is 4. The molecular formula is C15H27N3O2. The Morgan fingerprint density at radius 3 is 2.50 bits per heavy atom. The second-order valence-corrected chi connectivity index (χ2v) is 6.94. The lowest BCUT2D eigenvalue weighted by Gasteiger charge is -2.32. The molecule has 0 radical (unpaired) electrons. The van der Waals surface area contributed by atoms with Gasteiger partial charge in [-0.1, -0.05) is 12.8 Å². The third-order valence-corrected chi connectivity index (χ3v) is 5.63. The summed E-state index contributed by atoms with van der Waals surface area (Å²) in [6.07, 6.45) is 4.87. The summed E-state index contributed by atoms with van der Waals surface area (Å²) < 4.78 is 5.40. The van der Waals surface area contributed by atoms with Crippen LogP contribution in [0, 0.1) is 16.7 Å². The Labute approximate surface area is 121 Å². The van der Waals surface area contributed by atoms with Gasteiger partial charge < -0.3 is 20.7 Å². The maximum absolute atomic E-state index is 12.7. The SMILES string of the molecule is COCC1(CNC(=O)C23CNCC2CNC3)CCCC1. The molecule has 2 saturated heterocycles. The van der Waals surface area contributed by atoms with Crippen molar-refractivity contribution < 1.29 is 9.53 Å². The standard InChI is InChI=1S/C15H27N3O2/c1-20-11-14(4-2-3-5-14)8-18-13(19)15-9-16-6-12(15)7-17-10-15/h12,16-17H,2-11H2,1H3,(H,18,19). The Morgan fingerprint density at radius 1 is 1.25 bits per heavy atom. The van der Waals surface area contributed by atoms with Crippen LogP contribution in [0.3, 0.4) is 0 Å². The van der Waals surface area contributed by atoms with Gasteiger partial charge in [0.15, 0.2) is 0 Å². The van der Waals surface area contributed by atoms with E-state index in [4.69, 9.17) is 4.74 Å². The highest BCUT2D eigenvalue weighted by Gasteiger charge is 2.52. The molecule has 2 aliphatic heterocycles. The van der Waals surface area contributed by atoms with Crippen LogP contribution in [0.25, 0.3) is 0 Å². The van der Waals surface area contributed by atoms with E-state index >= 15 is 0 Å². The summed E-state index contributed by atoms with van der Waals surface area (Å²) in [4.78, 5) is 12.7. The number of amides is 1. The number of carbonyl (C=O) groups excluding carboxylic acids is 1. The maximum atomic E-state index is 12.7. The van der Waals surface area contributed by atoms with Crippen LogP contribution in [0.4, 0.5) is 0 Å². The van der Waals surface area contributed by atoms with Gasteiger partial charge in [-0.05, 0) is 12.8 Å². The number of ether oxygens (including phenoxy) is 1. The third-order valence-electron chi connectivity index (χ3n) is 5.63. The second-order valence-electron chi connectivity index (χ2n) is 6.94. The lowest BCUT2D eigenvalue weighted by molar-refractivity contribution is -0.131. The Morgan fingerprint density at radius 2 is 1.90 bits per heavy atom. The fourth-order valence-corrected chi connectivity index (χ4v) is 4.35. The zero-order valence-corrected chi connectivity index (χ0v) is 12.5. The van der Waals surface area contributed by atoms with Crippen LogP contribution in [-0.2, 0) is 9.53 Å². The highest BCUT2D eigenvalue weighted by molar-refractivity contribution is 5.84. The normalized spacial score (nSPS) is 35.1. The van der Waals surface area contributed by atoms with E-state index in [1.807, 2.05) is 0 Å². The molecule has 20 heavy (non-hydrogen) atoms. The summed E-state index contributed by atoms with van der Waals surface area (Å²) in [6, 6.07) is 0. The summed E-state index contributed by atoms with van der Waals surface area (Å²) in [5, 5.41) is 10.0.